The first-order valence-corrected chi connectivity index (χ1v) is 8.46. The predicted octanol–water partition coefficient (Wildman–Crippen LogP) is 1.13. The van der Waals surface area contributed by atoms with E-state index in [9.17, 15) is 9.59 Å². The Labute approximate surface area is 140 Å². The summed E-state index contributed by atoms with van der Waals surface area (Å²) in [5.74, 6) is 0.524. The smallest absolute Gasteiger partial charge is 0.266 e. The van der Waals surface area contributed by atoms with Gasteiger partial charge in [-0.1, -0.05) is 0 Å². The first-order chi connectivity index (χ1) is 11.6. The molecule has 0 radical (unpaired) electrons. The van der Waals surface area contributed by atoms with E-state index in [-0.39, 0.29) is 17.1 Å². The minimum Gasteiger partial charge on any atom is -0.461 e. The number of nitrogens with one attached hydrogen (secondary N) is 1. The third kappa shape index (κ3) is 2.78. The molecule has 0 atom stereocenters. The van der Waals surface area contributed by atoms with Crippen molar-refractivity contribution in [2.75, 3.05) is 0 Å². The molecule has 0 saturated heterocycles. The zero-order chi connectivity index (χ0) is 16.7. The minimum atomic E-state index is -0.275. The molecule has 24 heavy (non-hydrogen) atoms. The Morgan fingerprint density at radius 1 is 1.50 bits per heavy atom. The van der Waals surface area contributed by atoms with Crippen molar-refractivity contribution in [3.63, 3.8) is 0 Å². The molecule has 1 N–H and O–H groups in total. The van der Waals surface area contributed by atoms with E-state index in [4.69, 9.17) is 4.42 Å². The van der Waals surface area contributed by atoms with Crippen LogP contribution in [-0.4, -0.2) is 20.5 Å². The fourth-order valence-corrected chi connectivity index (χ4v) is 3.47. The van der Waals surface area contributed by atoms with Gasteiger partial charge in [0.2, 0.25) is 5.78 Å². The van der Waals surface area contributed by atoms with Crippen molar-refractivity contribution in [2.45, 2.75) is 18.8 Å². The molecule has 1 aliphatic carbocycles. The Balaban J connectivity index is 1.76. The zero-order valence-corrected chi connectivity index (χ0v) is 13.8. The highest BCUT2D eigenvalue weighted by atomic mass is 32.1. The van der Waals surface area contributed by atoms with E-state index in [0.717, 1.165) is 5.69 Å². The third-order valence-corrected chi connectivity index (χ3v) is 4.97. The highest BCUT2D eigenvalue weighted by Gasteiger charge is 2.27. The molecule has 0 amide bonds. The van der Waals surface area contributed by atoms with Crippen molar-refractivity contribution in [2.24, 2.45) is 7.05 Å². The minimum absolute atomic E-state index is 0.207. The summed E-state index contributed by atoms with van der Waals surface area (Å²) in [6, 6.07) is 3.24. The fourth-order valence-electron chi connectivity index (χ4n) is 2.61. The van der Waals surface area contributed by atoms with E-state index in [0.29, 0.717) is 15.1 Å². The lowest BCUT2D eigenvalue weighted by Gasteiger charge is -1.97. The monoisotopic (exact) mass is 341 g/mol. The number of rotatable bonds is 4. The Morgan fingerprint density at radius 2 is 2.33 bits per heavy atom. The molecule has 0 spiro atoms. The van der Waals surface area contributed by atoms with Gasteiger partial charge in [0.15, 0.2) is 5.76 Å². The molecule has 122 valence electrons. The van der Waals surface area contributed by atoms with Gasteiger partial charge in [-0.05, 0) is 37.0 Å². The van der Waals surface area contributed by atoms with E-state index < -0.39 is 0 Å². The Morgan fingerprint density at radius 3 is 3.04 bits per heavy atom. The molecule has 1 fully saturated rings. The second-order valence-electron chi connectivity index (χ2n) is 5.80. The zero-order valence-electron chi connectivity index (χ0n) is 13.0. The van der Waals surface area contributed by atoms with Gasteiger partial charge in [-0.2, -0.15) is 5.10 Å². The van der Waals surface area contributed by atoms with Gasteiger partial charge in [0.1, 0.15) is 0 Å². The molecule has 6 nitrogen and oxygen atoms in total. The van der Waals surface area contributed by atoms with Crippen LogP contribution >= 0.6 is 11.3 Å². The molecular formula is C17H15N3O3S. The van der Waals surface area contributed by atoms with Gasteiger partial charge in [0.25, 0.3) is 5.56 Å². The summed E-state index contributed by atoms with van der Waals surface area (Å²) in [7, 11) is 1.87. The number of thiazole rings is 1. The van der Waals surface area contributed by atoms with Gasteiger partial charge in [-0.3, -0.25) is 14.3 Å². The quantitative estimate of drug-likeness (QED) is 0.722. The Hall–Kier alpha value is -2.67. The number of Topliss-reactive ketones (excluding diaryl/α,β-unsaturated/α-hetero) is 1. The number of ketones is 1. The van der Waals surface area contributed by atoms with Crippen molar-refractivity contribution in [3.8, 4) is 0 Å². The van der Waals surface area contributed by atoms with Crippen molar-refractivity contribution >= 4 is 29.3 Å². The summed E-state index contributed by atoms with van der Waals surface area (Å²) in [5.41, 5.74) is 1.93. The average molecular weight is 341 g/mol. The maximum atomic E-state index is 12.2. The molecule has 3 heterocycles. The van der Waals surface area contributed by atoms with Crippen LogP contribution in [0.3, 0.4) is 0 Å². The van der Waals surface area contributed by atoms with E-state index in [2.05, 4.69) is 10.1 Å². The van der Waals surface area contributed by atoms with Gasteiger partial charge < -0.3 is 9.40 Å². The molecule has 0 bridgehead atoms. The van der Waals surface area contributed by atoms with Crippen LogP contribution in [0.5, 0.6) is 0 Å². The van der Waals surface area contributed by atoms with Crippen molar-refractivity contribution in [1.29, 1.82) is 0 Å². The summed E-state index contributed by atoms with van der Waals surface area (Å²) >= 11 is 1.25. The number of carbonyl (C=O) groups excluding carboxylic acids is 1. The average Bonchev–Trinajstić information content (AvgIpc) is 2.96. The predicted molar refractivity (Wildman–Crippen MR) is 90.4 cm³/mol. The number of H-pyrrole nitrogens is 1. The van der Waals surface area contributed by atoms with Crippen LogP contribution in [0.4, 0.5) is 0 Å². The number of carbonyl (C=O) groups is 1. The van der Waals surface area contributed by atoms with E-state index >= 15 is 0 Å². The third-order valence-electron chi connectivity index (χ3n) is 4.01. The van der Waals surface area contributed by atoms with E-state index in [1.54, 1.807) is 16.8 Å². The number of nitrogens with zero attached hydrogens (tertiary/aromatic N) is 2. The highest BCUT2D eigenvalue weighted by molar-refractivity contribution is 7.07. The van der Waals surface area contributed by atoms with Crippen molar-refractivity contribution in [1.82, 2.24) is 14.8 Å². The molecule has 0 unspecified atom stereocenters. The summed E-state index contributed by atoms with van der Waals surface area (Å²) < 4.78 is 7.91. The lowest BCUT2D eigenvalue weighted by atomic mass is 10.1. The van der Waals surface area contributed by atoms with Crippen LogP contribution in [0.25, 0.3) is 12.2 Å². The fraction of sp³-hybridized carbons (Fsp3) is 0.235. The topological polar surface area (TPSA) is 80.9 Å². The SMILES string of the molecule is Cn1ncc(C2CC2)c1/C=c1\s/c(=C\C(=O)c2ccco2)[nH]c1=O. The molecule has 0 aliphatic heterocycles. The maximum absolute atomic E-state index is 12.2. The lowest BCUT2D eigenvalue weighted by Crippen LogP contribution is -2.20. The van der Waals surface area contributed by atoms with Gasteiger partial charge in [-0.15, -0.1) is 11.3 Å². The van der Waals surface area contributed by atoms with Crippen LogP contribution in [0.1, 0.15) is 40.6 Å². The van der Waals surface area contributed by atoms with E-state index in [1.165, 1.54) is 42.1 Å². The largest absolute Gasteiger partial charge is 0.461 e. The molecule has 3 aromatic rings. The molecule has 1 saturated carbocycles. The summed E-state index contributed by atoms with van der Waals surface area (Å²) in [6.07, 6.45) is 8.89. The van der Waals surface area contributed by atoms with Crippen molar-refractivity contribution in [3.05, 3.63) is 61.2 Å². The molecule has 4 rings (SSSR count). The number of aromatic amines is 1. The lowest BCUT2D eigenvalue weighted by molar-refractivity contribution is 0.103. The van der Waals surface area contributed by atoms with Gasteiger partial charge in [-0.25, -0.2) is 0 Å². The highest BCUT2D eigenvalue weighted by Crippen LogP contribution is 2.41. The Bertz CT molecular complexity index is 1070. The summed E-state index contributed by atoms with van der Waals surface area (Å²) in [6.45, 7) is 0. The van der Waals surface area contributed by atoms with Crippen molar-refractivity contribution < 1.29 is 9.21 Å². The number of furan rings is 1. The molecule has 1 aliphatic rings. The normalized spacial score (nSPS) is 16.0. The van der Waals surface area contributed by atoms with Crippen LogP contribution < -0.4 is 14.8 Å². The number of aromatic nitrogens is 3. The number of hydrogen-bond acceptors (Lipinski definition) is 5. The maximum Gasteiger partial charge on any atom is 0.266 e. The van der Waals surface area contributed by atoms with Crippen LogP contribution in [0, 0.1) is 0 Å². The number of hydrogen-bond donors (Lipinski definition) is 1. The number of aryl methyl sites for hydroxylation is 1. The molecular weight excluding hydrogens is 326 g/mol. The molecule has 7 heteroatoms. The Kier molecular flexibility index (Phi) is 3.57. The first kappa shape index (κ1) is 14.9. The first-order valence-electron chi connectivity index (χ1n) is 7.64. The van der Waals surface area contributed by atoms with Crippen LogP contribution in [-0.2, 0) is 7.05 Å². The standard InChI is InChI=1S/C17H15N3O3S/c1-20-12(11(9-18-20)10-4-5-10)7-15-17(22)19-16(24-15)8-13(21)14-3-2-6-23-14/h2-3,6-10H,4-5H2,1H3,(H,19,22)/b15-7-,16-8-. The van der Waals surface area contributed by atoms with E-state index in [1.807, 2.05) is 19.3 Å². The van der Waals surface area contributed by atoms with Gasteiger partial charge >= 0.3 is 0 Å². The molecule has 3 aromatic heterocycles. The van der Waals surface area contributed by atoms with Crippen LogP contribution in [0.2, 0.25) is 0 Å². The summed E-state index contributed by atoms with van der Waals surface area (Å²) in [5, 5.41) is 4.30. The molecule has 0 aromatic carbocycles. The second-order valence-corrected chi connectivity index (χ2v) is 6.88. The second kappa shape index (κ2) is 5.76. The van der Waals surface area contributed by atoms with Crippen LogP contribution in [0.15, 0.2) is 33.8 Å². The summed E-state index contributed by atoms with van der Waals surface area (Å²) in [4.78, 5) is 26.9. The van der Waals surface area contributed by atoms with Gasteiger partial charge in [0, 0.05) is 18.7 Å². The van der Waals surface area contributed by atoms with Gasteiger partial charge in [0.05, 0.1) is 27.3 Å².